The highest BCUT2D eigenvalue weighted by Gasteiger charge is 2.17. The Labute approximate surface area is 140 Å². The van der Waals surface area contributed by atoms with Gasteiger partial charge >= 0.3 is 0 Å². The minimum Gasteiger partial charge on any atom is -0.148 e. The molecule has 0 aliphatic carbocycles. The zero-order chi connectivity index (χ0) is 13.6. The van der Waals surface area contributed by atoms with Gasteiger partial charge in [0.2, 0.25) is 0 Å². The van der Waals surface area contributed by atoms with Gasteiger partial charge in [0.15, 0.2) is 0 Å². The van der Waals surface area contributed by atoms with Crippen LogP contribution in [0.4, 0.5) is 0 Å². The van der Waals surface area contributed by atoms with E-state index in [4.69, 9.17) is 0 Å². The highest BCUT2D eigenvalue weighted by atomic mass is 32.2. The largest absolute Gasteiger partial charge is 0.148 e. The summed E-state index contributed by atoms with van der Waals surface area (Å²) in [5.41, 5.74) is 3.04. The first-order chi connectivity index (χ1) is 9.92. The molecule has 20 heavy (non-hydrogen) atoms. The van der Waals surface area contributed by atoms with E-state index in [0.29, 0.717) is 4.58 Å². The van der Waals surface area contributed by atoms with Crippen LogP contribution in [0.5, 0.6) is 0 Å². The van der Waals surface area contributed by atoms with E-state index in [0.717, 1.165) is 4.58 Å². The predicted octanol–water partition coefficient (Wildman–Crippen LogP) is 5.68. The zero-order valence-electron chi connectivity index (χ0n) is 11.8. The van der Waals surface area contributed by atoms with Crippen LogP contribution < -0.4 is 0 Å². The predicted molar refractivity (Wildman–Crippen MR) is 100 cm³/mol. The highest BCUT2D eigenvalue weighted by Crippen LogP contribution is 2.43. The van der Waals surface area contributed by atoms with Crippen molar-refractivity contribution >= 4 is 47.0 Å². The van der Waals surface area contributed by atoms with Gasteiger partial charge in [0.1, 0.15) is 0 Å². The number of rotatable bonds is 4. The Hall–Kier alpha value is 0.620. The number of hydrogen-bond acceptors (Lipinski definition) is 4. The van der Waals surface area contributed by atoms with Gasteiger partial charge in [0, 0.05) is 0 Å². The molecular formula is C16H22S4. The van der Waals surface area contributed by atoms with Gasteiger partial charge < -0.3 is 0 Å². The van der Waals surface area contributed by atoms with E-state index in [-0.39, 0.29) is 0 Å². The molecule has 1 aromatic carbocycles. The van der Waals surface area contributed by atoms with Gasteiger partial charge in [-0.05, 0) is 59.8 Å². The molecule has 2 aliphatic rings. The van der Waals surface area contributed by atoms with Crippen molar-refractivity contribution in [1.82, 2.24) is 0 Å². The third kappa shape index (κ3) is 4.56. The lowest BCUT2D eigenvalue weighted by Crippen LogP contribution is -2.07. The minimum atomic E-state index is 0.683. The monoisotopic (exact) mass is 342 g/mol. The van der Waals surface area contributed by atoms with Crippen molar-refractivity contribution in [3.05, 3.63) is 35.4 Å². The SMILES string of the molecule is c1cc(C2SCCCS2)ccc1CCC1SCCCS1. The number of thioether (sulfide) groups is 4. The lowest BCUT2D eigenvalue weighted by molar-refractivity contribution is 0.893. The minimum absolute atomic E-state index is 0.683. The maximum atomic E-state index is 2.37. The molecule has 2 aliphatic heterocycles. The van der Waals surface area contributed by atoms with Crippen LogP contribution in [0, 0.1) is 0 Å². The Morgan fingerprint density at radius 3 is 2.05 bits per heavy atom. The molecule has 0 spiro atoms. The van der Waals surface area contributed by atoms with E-state index in [9.17, 15) is 0 Å². The van der Waals surface area contributed by atoms with Crippen LogP contribution >= 0.6 is 47.0 Å². The van der Waals surface area contributed by atoms with Crippen molar-refractivity contribution < 1.29 is 0 Å². The summed E-state index contributed by atoms with van der Waals surface area (Å²) in [6.45, 7) is 0. The number of benzene rings is 1. The summed E-state index contributed by atoms with van der Waals surface area (Å²) in [6, 6.07) is 9.46. The Balaban J connectivity index is 1.50. The van der Waals surface area contributed by atoms with Gasteiger partial charge in [-0.25, -0.2) is 0 Å². The van der Waals surface area contributed by atoms with E-state index in [1.807, 2.05) is 0 Å². The third-order valence-electron chi connectivity index (χ3n) is 3.64. The molecule has 0 atom stereocenters. The summed E-state index contributed by atoms with van der Waals surface area (Å²) in [4.78, 5) is 0. The van der Waals surface area contributed by atoms with E-state index in [1.54, 1.807) is 0 Å². The maximum Gasteiger partial charge on any atom is 0.0751 e. The molecule has 4 heteroatoms. The van der Waals surface area contributed by atoms with Crippen molar-refractivity contribution in [3.8, 4) is 0 Å². The smallest absolute Gasteiger partial charge is 0.0751 e. The maximum absolute atomic E-state index is 2.37. The standard InChI is InChI=1S/C16H22S4/c1-9-17-15(18-10-1)8-5-13-3-6-14(7-4-13)16-19-11-2-12-20-16/h3-4,6-7,15-16H,1-2,5,8-12H2. The highest BCUT2D eigenvalue weighted by molar-refractivity contribution is 8.17. The molecule has 110 valence electrons. The summed E-state index contributed by atoms with van der Waals surface area (Å²) in [6.07, 6.45) is 5.36. The molecule has 2 saturated heterocycles. The normalized spacial score (nSPS) is 22.0. The van der Waals surface area contributed by atoms with Crippen LogP contribution in [-0.2, 0) is 6.42 Å². The lowest BCUT2D eigenvalue weighted by Gasteiger charge is -2.22. The summed E-state index contributed by atoms with van der Waals surface area (Å²) < 4.78 is 1.52. The van der Waals surface area contributed by atoms with Gasteiger partial charge in [-0.1, -0.05) is 24.3 Å². The van der Waals surface area contributed by atoms with Gasteiger partial charge in [0.25, 0.3) is 0 Å². The number of hydrogen-bond donors (Lipinski definition) is 0. The number of aryl methyl sites for hydroxylation is 1. The van der Waals surface area contributed by atoms with Gasteiger partial charge in [-0.2, -0.15) is 0 Å². The molecular weight excluding hydrogens is 320 g/mol. The topological polar surface area (TPSA) is 0 Å². The van der Waals surface area contributed by atoms with Crippen molar-refractivity contribution in [1.29, 1.82) is 0 Å². The van der Waals surface area contributed by atoms with Crippen molar-refractivity contribution in [2.24, 2.45) is 0 Å². The molecule has 0 saturated carbocycles. The molecule has 2 fully saturated rings. The Morgan fingerprint density at radius 1 is 0.800 bits per heavy atom. The van der Waals surface area contributed by atoms with Crippen LogP contribution in [-0.4, -0.2) is 27.6 Å². The van der Waals surface area contributed by atoms with Crippen molar-refractivity contribution in [2.45, 2.75) is 34.8 Å². The third-order valence-corrected chi connectivity index (χ3v) is 9.74. The van der Waals surface area contributed by atoms with Crippen molar-refractivity contribution in [2.75, 3.05) is 23.0 Å². The van der Waals surface area contributed by atoms with Crippen LogP contribution in [0.1, 0.15) is 35.0 Å². The summed E-state index contributed by atoms with van der Waals surface area (Å²) >= 11 is 8.56. The zero-order valence-corrected chi connectivity index (χ0v) is 15.0. The second kappa shape index (κ2) is 8.30. The molecule has 0 nitrogen and oxygen atoms in total. The summed E-state index contributed by atoms with van der Waals surface area (Å²) in [5, 5.41) is 0. The quantitative estimate of drug-likeness (QED) is 0.689. The van der Waals surface area contributed by atoms with Crippen LogP contribution in [0.15, 0.2) is 24.3 Å². The molecule has 0 N–H and O–H groups in total. The molecule has 1 aromatic rings. The second-order valence-electron chi connectivity index (χ2n) is 5.23. The summed E-state index contributed by atoms with van der Waals surface area (Å²) in [5.74, 6) is 5.39. The van der Waals surface area contributed by atoms with E-state index >= 15 is 0 Å². The molecule has 0 amide bonds. The van der Waals surface area contributed by atoms with Crippen LogP contribution in [0.3, 0.4) is 0 Å². The Kier molecular flexibility index (Phi) is 6.44. The molecule has 3 rings (SSSR count). The van der Waals surface area contributed by atoms with Crippen LogP contribution in [0.2, 0.25) is 0 Å². The molecule has 0 unspecified atom stereocenters. The molecule has 0 aromatic heterocycles. The Morgan fingerprint density at radius 2 is 1.40 bits per heavy atom. The average molecular weight is 343 g/mol. The van der Waals surface area contributed by atoms with Gasteiger partial charge in [-0.3, -0.25) is 0 Å². The molecule has 0 bridgehead atoms. The second-order valence-corrected chi connectivity index (χ2v) is 10.9. The van der Waals surface area contributed by atoms with Gasteiger partial charge in [-0.15, -0.1) is 47.0 Å². The van der Waals surface area contributed by atoms with Crippen molar-refractivity contribution in [3.63, 3.8) is 0 Å². The summed E-state index contributed by atoms with van der Waals surface area (Å²) in [7, 11) is 0. The Bertz CT molecular complexity index is 391. The fraction of sp³-hybridized carbons (Fsp3) is 0.625. The fourth-order valence-corrected chi connectivity index (χ4v) is 8.27. The lowest BCUT2D eigenvalue weighted by atomic mass is 10.1. The van der Waals surface area contributed by atoms with E-state index < -0.39 is 0 Å². The molecule has 0 radical (unpaired) electrons. The first kappa shape index (κ1) is 15.5. The van der Waals surface area contributed by atoms with Gasteiger partial charge in [0.05, 0.1) is 9.16 Å². The first-order valence-electron chi connectivity index (χ1n) is 7.47. The van der Waals surface area contributed by atoms with E-state index in [2.05, 4.69) is 71.3 Å². The average Bonchev–Trinajstić information content (AvgIpc) is 2.55. The fourth-order valence-electron chi connectivity index (χ4n) is 2.51. The van der Waals surface area contributed by atoms with E-state index in [1.165, 1.54) is 59.8 Å². The molecule has 2 heterocycles. The van der Waals surface area contributed by atoms with Crippen LogP contribution in [0.25, 0.3) is 0 Å². The first-order valence-corrected chi connectivity index (χ1v) is 11.7.